The van der Waals surface area contributed by atoms with Gasteiger partial charge in [0.05, 0.1) is 7.11 Å². The van der Waals surface area contributed by atoms with Crippen molar-refractivity contribution in [2.45, 2.75) is 19.8 Å². The Balaban J connectivity index is 2.32. The van der Waals surface area contributed by atoms with Crippen molar-refractivity contribution in [3.8, 4) is 0 Å². The van der Waals surface area contributed by atoms with Crippen LogP contribution in [0, 0.1) is 0 Å². The topological polar surface area (TPSA) is 38.3 Å². The molecular formula is C15H21NO2. The van der Waals surface area contributed by atoms with Crippen LogP contribution in [0.5, 0.6) is 0 Å². The van der Waals surface area contributed by atoms with Crippen LogP contribution in [-0.2, 0) is 9.53 Å². The third kappa shape index (κ3) is 4.72. The zero-order valence-corrected chi connectivity index (χ0v) is 11.3. The molecule has 1 N–H and O–H groups in total. The number of ether oxygens (including phenoxy) is 1. The Morgan fingerprint density at radius 1 is 1.39 bits per heavy atom. The van der Waals surface area contributed by atoms with Gasteiger partial charge in [-0.15, -0.1) is 0 Å². The molecule has 1 atom stereocenters. The van der Waals surface area contributed by atoms with Gasteiger partial charge in [-0.2, -0.15) is 0 Å². The highest BCUT2D eigenvalue weighted by molar-refractivity contribution is 5.87. The normalized spacial score (nSPS) is 13.2. The number of methoxy groups -OCH3 is 1. The fourth-order valence-electron chi connectivity index (χ4n) is 1.67. The third-order valence-electron chi connectivity index (χ3n) is 2.88. The summed E-state index contributed by atoms with van der Waals surface area (Å²) in [7, 11) is 1.39. The quantitative estimate of drug-likeness (QED) is 0.477. The average molecular weight is 247 g/mol. The van der Waals surface area contributed by atoms with Crippen molar-refractivity contribution in [1.82, 2.24) is 5.32 Å². The van der Waals surface area contributed by atoms with E-state index in [1.165, 1.54) is 12.7 Å². The summed E-state index contributed by atoms with van der Waals surface area (Å²) < 4.78 is 4.62. The average Bonchev–Trinajstić information content (AvgIpc) is 2.43. The van der Waals surface area contributed by atoms with Crippen LogP contribution >= 0.6 is 0 Å². The summed E-state index contributed by atoms with van der Waals surface area (Å²) in [6.45, 7) is 5.50. The van der Waals surface area contributed by atoms with E-state index in [1.807, 2.05) is 24.3 Å². The molecule has 0 saturated carbocycles. The van der Waals surface area contributed by atoms with Crippen LogP contribution in [0.25, 0.3) is 0 Å². The minimum absolute atomic E-state index is 0.270. The lowest BCUT2D eigenvalue weighted by molar-refractivity contribution is -0.136. The van der Waals surface area contributed by atoms with Crippen LogP contribution in [0.15, 0.2) is 42.0 Å². The molecule has 0 heterocycles. The van der Waals surface area contributed by atoms with E-state index in [0.717, 1.165) is 6.54 Å². The van der Waals surface area contributed by atoms with Crippen LogP contribution in [0.1, 0.15) is 25.3 Å². The SMILES string of the molecule is COC(=O)/C(C)=C/CNCC(C)c1ccccc1. The molecule has 1 aromatic rings. The Bertz CT molecular complexity index is 398. The molecule has 0 amide bonds. The molecule has 0 aliphatic carbocycles. The number of esters is 1. The van der Waals surface area contributed by atoms with Gasteiger partial charge in [-0.1, -0.05) is 43.3 Å². The molecule has 0 aromatic heterocycles. The van der Waals surface area contributed by atoms with Crippen LogP contribution in [0.3, 0.4) is 0 Å². The molecule has 0 fully saturated rings. The van der Waals surface area contributed by atoms with Gasteiger partial charge in [-0.05, 0) is 18.4 Å². The maximum atomic E-state index is 11.1. The van der Waals surface area contributed by atoms with Gasteiger partial charge < -0.3 is 10.1 Å². The summed E-state index contributed by atoms with van der Waals surface area (Å²) >= 11 is 0. The zero-order valence-electron chi connectivity index (χ0n) is 11.3. The zero-order chi connectivity index (χ0) is 13.4. The molecule has 0 aliphatic rings. The number of nitrogens with one attached hydrogen (secondary N) is 1. The summed E-state index contributed by atoms with van der Waals surface area (Å²) in [4.78, 5) is 11.1. The summed E-state index contributed by atoms with van der Waals surface area (Å²) in [6.07, 6.45) is 1.85. The summed E-state index contributed by atoms with van der Waals surface area (Å²) in [6, 6.07) is 10.4. The van der Waals surface area contributed by atoms with Crippen molar-refractivity contribution in [1.29, 1.82) is 0 Å². The van der Waals surface area contributed by atoms with Crippen LogP contribution in [0.2, 0.25) is 0 Å². The smallest absolute Gasteiger partial charge is 0.333 e. The lowest BCUT2D eigenvalue weighted by Gasteiger charge is -2.12. The monoisotopic (exact) mass is 247 g/mol. The molecule has 1 rings (SSSR count). The molecule has 98 valence electrons. The predicted molar refractivity (Wildman–Crippen MR) is 73.5 cm³/mol. The first-order valence-electron chi connectivity index (χ1n) is 6.16. The Morgan fingerprint density at radius 3 is 2.67 bits per heavy atom. The fraction of sp³-hybridized carbons (Fsp3) is 0.400. The highest BCUT2D eigenvalue weighted by Crippen LogP contribution is 2.12. The first-order chi connectivity index (χ1) is 8.65. The molecule has 1 aromatic carbocycles. The minimum Gasteiger partial charge on any atom is -0.466 e. The van der Waals surface area contributed by atoms with E-state index in [2.05, 4.69) is 29.1 Å². The Hall–Kier alpha value is -1.61. The number of benzene rings is 1. The van der Waals surface area contributed by atoms with Crippen LogP contribution in [-0.4, -0.2) is 26.2 Å². The lowest BCUT2D eigenvalue weighted by atomic mass is 10.0. The first-order valence-corrected chi connectivity index (χ1v) is 6.16. The van der Waals surface area contributed by atoms with Crippen molar-refractivity contribution in [3.05, 3.63) is 47.5 Å². The fourth-order valence-corrected chi connectivity index (χ4v) is 1.67. The van der Waals surface area contributed by atoms with E-state index in [-0.39, 0.29) is 5.97 Å². The molecule has 0 saturated heterocycles. The van der Waals surface area contributed by atoms with E-state index in [0.29, 0.717) is 18.0 Å². The van der Waals surface area contributed by atoms with E-state index >= 15 is 0 Å². The summed E-state index contributed by atoms with van der Waals surface area (Å²) in [5.41, 5.74) is 1.95. The Labute approximate surface area is 109 Å². The largest absolute Gasteiger partial charge is 0.466 e. The summed E-state index contributed by atoms with van der Waals surface area (Å²) in [5, 5.41) is 3.31. The van der Waals surface area contributed by atoms with Gasteiger partial charge in [0.1, 0.15) is 0 Å². The van der Waals surface area contributed by atoms with Gasteiger partial charge in [-0.25, -0.2) is 4.79 Å². The maximum absolute atomic E-state index is 11.1. The number of carbonyl (C=O) groups is 1. The van der Waals surface area contributed by atoms with Crippen molar-refractivity contribution in [2.24, 2.45) is 0 Å². The molecule has 0 spiro atoms. The lowest BCUT2D eigenvalue weighted by Crippen LogP contribution is -2.20. The molecule has 0 bridgehead atoms. The number of hydrogen-bond donors (Lipinski definition) is 1. The molecule has 0 radical (unpaired) electrons. The van der Waals surface area contributed by atoms with E-state index in [9.17, 15) is 4.79 Å². The first kappa shape index (κ1) is 14.5. The molecule has 1 unspecified atom stereocenters. The summed E-state index contributed by atoms with van der Waals surface area (Å²) in [5.74, 6) is 0.186. The van der Waals surface area contributed by atoms with Gasteiger partial charge in [0.25, 0.3) is 0 Å². The molecule has 18 heavy (non-hydrogen) atoms. The molecule has 0 aliphatic heterocycles. The highest BCUT2D eigenvalue weighted by atomic mass is 16.5. The Kier molecular flexibility index (Phi) is 6.15. The number of rotatable bonds is 6. The van der Waals surface area contributed by atoms with Crippen molar-refractivity contribution >= 4 is 5.97 Å². The number of hydrogen-bond acceptors (Lipinski definition) is 3. The predicted octanol–water partition coefficient (Wildman–Crippen LogP) is 2.50. The maximum Gasteiger partial charge on any atom is 0.333 e. The second-order valence-corrected chi connectivity index (χ2v) is 4.35. The second-order valence-electron chi connectivity index (χ2n) is 4.35. The van der Waals surface area contributed by atoms with E-state index in [4.69, 9.17) is 0 Å². The minimum atomic E-state index is -0.270. The van der Waals surface area contributed by atoms with Crippen LogP contribution < -0.4 is 5.32 Å². The number of carbonyl (C=O) groups excluding carboxylic acids is 1. The molecule has 3 nitrogen and oxygen atoms in total. The van der Waals surface area contributed by atoms with Gasteiger partial charge in [0, 0.05) is 18.7 Å². The van der Waals surface area contributed by atoms with Crippen molar-refractivity contribution in [2.75, 3.05) is 20.2 Å². The molecular weight excluding hydrogens is 226 g/mol. The van der Waals surface area contributed by atoms with Gasteiger partial charge >= 0.3 is 5.97 Å². The highest BCUT2D eigenvalue weighted by Gasteiger charge is 2.04. The second kappa shape index (κ2) is 7.67. The van der Waals surface area contributed by atoms with E-state index in [1.54, 1.807) is 6.92 Å². The van der Waals surface area contributed by atoms with Crippen LogP contribution in [0.4, 0.5) is 0 Å². The third-order valence-corrected chi connectivity index (χ3v) is 2.88. The Morgan fingerprint density at radius 2 is 2.06 bits per heavy atom. The van der Waals surface area contributed by atoms with Gasteiger partial charge in [-0.3, -0.25) is 0 Å². The van der Waals surface area contributed by atoms with Gasteiger partial charge in [0.15, 0.2) is 0 Å². The van der Waals surface area contributed by atoms with Crippen molar-refractivity contribution < 1.29 is 9.53 Å². The van der Waals surface area contributed by atoms with Crippen molar-refractivity contribution in [3.63, 3.8) is 0 Å². The van der Waals surface area contributed by atoms with Gasteiger partial charge in [0.2, 0.25) is 0 Å². The molecule has 3 heteroatoms. The van der Waals surface area contributed by atoms with E-state index < -0.39 is 0 Å². The standard InChI is InChI=1S/C15H21NO2/c1-12(15(17)18-3)9-10-16-11-13(2)14-7-5-4-6-8-14/h4-9,13,16H,10-11H2,1-3H3/b12-9+.